The van der Waals surface area contributed by atoms with Crippen LogP contribution in [0.25, 0.3) is 11.1 Å². The number of fused-ring (bicyclic) bond motifs is 3. The minimum atomic E-state index is -0.452. The van der Waals surface area contributed by atoms with E-state index in [1.165, 1.54) is 0 Å². The van der Waals surface area contributed by atoms with Crippen molar-refractivity contribution in [3.8, 4) is 16.9 Å². The van der Waals surface area contributed by atoms with Crippen molar-refractivity contribution in [1.29, 1.82) is 0 Å². The molecule has 2 amide bonds. The summed E-state index contributed by atoms with van der Waals surface area (Å²) in [6.07, 6.45) is 3.70. The van der Waals surface area contributed by atoms with Crippen LogP contribution in [0, 0.1) is 0 Å². The number of aliphatic hydroxyl groups is 1. The van der Waals surface area contributed by atoms with Gasteiger partial charge in [-0.25, -0.2) is 0 Å². The van der Waals surface area contributed by atoms with E-state index in [0.29, 0.717) is 49.5 Å². The van der Waals surface area contributed by atoms with Crippen LogP contribution in [0.2, 0.25) is 0 Å². The van der Waals surface area contributed by atoms with Crippen molar-refractivity contribution in [2.24, 2.45) is 0 Å². The van der Waals surface area contributed by atoms with Crippen LogP contribution < -0.4 is 10.1 Å². The summed E-state index contributed by atoms with van der Waals surface area (Å²) in [5, 5.41) is 12.6. The van der Waals surface area contributed by atoms with Crippen molar-refractivity contribution in [3.63, 3.8) is 0 Å². The summed E-state index contributed by atoms with van der Waals surface area (Å²) < 4.78 is 5.82. The first-order valence-electron chi connectivity index (χ1n) is 10.6. The normalized spacial score (nSPS) is 16.7. The first-order chi connectivity index (χ1) is 15.6. The van der Waals surface area contributed by atoms with Crippen LogP contribution in [0.4, 0.5) is 0 Å². The van der Waals surface area contributed by atoms with Gasteiger partial charge in [-0.15, -0.1) is 0 Å². The number of rotatable bonds is 4. The topological polar surface area (TPSA) is 91.8 Å². The predicted octanol–water partition coefficient (Wildman–Crippen LogP) is 2.78. The molecule has 1 saturated heterocycles. The summed E-state index contributed by atoms with van der Waals surface area (Å²) in [4.78, 5) is 31.2. The average molecular weight is 429 g/mol. The summed E-state index contributed by atoms with van der Waals surface area (Å²) in [5.41, 5.74) is 4.94. The molecule has 2 aromatic carbocycles. The van der Waals surface area contributed by atoms with E-state index in [9.17, 15) is 14.7 Å². The number of ether oxygens (including phenoxy) is 1. The molecule has 0 spiro atoms. The van der Waals surface area contributed by atoms with Gasteiger partial charge in [0.25, 0.3) is 11.8 Å². The average Bonchev–Trinajstić information content (AvgIpc) is 3.28. The number of nitrogens with zero attached hydrogens (tertiary/aromatic N) is 2. The van der Waals surface area contributed by atoms with Gasteiger partial charge < -0.3 is 20.1 Å². The van der Waals surface area contributed by atoms with Crippen molar-refractivity contribution in [2.45, 2.75) is 25.7 Å². The number of amides is 2. The summed E-state index contributed by atoms with van der Waals surface area (Å²) in [6, 6.07) is 14.6. The maximum Gasteiger partial charge on any atom is 0.253 e. The second kappa shape index (κ2) is 8.43. The SMILES string of the molecule is O=C(NCc1cccc(C(=O)N2CCC(O)C2)c1)c1ccc2c(c1)OCc1cnccc1-2. The predicted molar refractivity (Wildman–Crippen MR) is 118 cm³/mol. The van der Waals surface area contributed by atoms with Gasteiger partial charge in [-0.1, -0.05) is 12.1 Å². The lowest BCUT2D eigenvalue weighted by atomic mass is 9.97. The molecule has 0 radical (unpaired) electrons. The Morgan fingerprint density at radius 1 is 1.12 bits per heavy atom. The molecule has 1 fully saturated rings. The monoisotopic (exact) mass is 429 g/mol. The number of β-amino-alcohol motifs (C(OH)–C–C–N with tert-alkyl or cyclic N) is 1. The second-order valence-corrected chi connectivity index (χ2v) is 8.11. The Morgan fingerprint density at radius 2 is 2.03 bits per heavy atom. The molecular weight excluding hydrogens is 406 g/mol. The number of likely N-dealkylation sites (tertiary alicyclic amines) is 1. The molecule has 1 aromatic heterocycles. The van der Waals surface area contributed by atoms with Gasteiger partial charge in [-0.05, 0) is 53.9 Å². The van der Waals surface area contributed by atoms with Crippen LogP contribution in [0.5, 0.6) is 5.75 Å². The van der Waals surface area contributed by atoms with Gasteiger partial charge in [-0.3, -0.25) is 14.6 Å². The molecule has 0 bridgehead atoms. The Hall–Kier alpha value is -3.71. The van der Waals surface area contributed by atoms with Gasteiger partial charge in [-0.2, -0.15) is 0 Å². The lowest BCUT2D eigenvalue weighted by Gasteiger charge is -2.20. The van der Waals surface area contributed by atoms with Crippen LogP contribution in [0.1, 0.15) is 38.3 Å². The van der Waals surface area contributed by atoms with Crippen molar-refractivity contribution < 1.29 is 19.4 Å². The highest BCUT2D eigenvalue weighted by Crippen LogP contribution is 2.37. The van der Waals surface area contributed by atoms with E-state index in [-0.39, 0.29) is 11.8 Å². The van der Waals surface area contributed by atoms with Gasteiger partial charge in [0.05, 0.1) is 6.10 Å². The second-order valence-electron chi connectivity index (χ2n) is 8.11. The first-order valence-corrected chi connectivity index (χ1v) is 10.6. The number of nitrogens with one attached hydrogen (secondary N) is 1. The van der Waals surface area contributed by atoms with Crippen molar-refractivity contribution in [2.75, 3.05) is 13.1 Å². The van der Waals surface area contributed by atoms with E-state index >= 15 is 0 Å². The quantitative estimate of drug-likeness (QED) is 0.666. The zero-order valence-electron chi connectivity index (χ0n) is 17.5. The Morgan fingerprint density at radius 3 is 2.88 bits per heavy atom. The lowest BCUT2D eigenvalue weighted by Crippen LogP contribution is -2.29. The maximum atomic E-state index is 12.7. The summed E-state index contributed by atoms with van der Waals surface area (Å²) in [5.74, 6) is 0.366. The van der Waals surface area contributed by atoms with E-state index in [2.05, 4.69) is 10.3 Å². The molecule has 3 aromatic rings. The largest absolute Gasteiger partial charge is 0.488 e. The van der Waals surface area contributed by atoms with E-state index < -0.39 is 6.10 Å². The number of aromatic nitrogens is 1. The van der Waals surface area contributed by atoms with Crippen molar-refractivity contribution in [3.05, 3.63) is 83.2 Å². The van der Waals surface area contributed by atoms with Gasteiger partial charge in [0.2, 0.25) is 0 Å². The third kappa shape index (κ3) is 3.94. The number of pyridine rings is 1. The summed E-state index contributed by atoms with van der Waals surface area (Å²) in [7, 11) is 0. The fourth-order valence-corrected chi connectivity index (χ4v) is 4.17. The van der Waals surface area contributed by atoms with E-state index in [4.69, 9.17) is 4.74 Å². The van der Waals surface area contributed by atoms with E-state index in [1.807, 2.05) is 18.2 Å². The number of carbonyl (C=O) groups is 2. The molecule has 2 aliphatic rings. The highest BCUT2D eigenvalue weighted by atomic mass is 16.5. The lowest BCUT2D eigenvalue weighted by molar-refractivity contribution is 0.0765. The van der Waals surface area contributed by atoms with Crippen LogP contribution in [-0.2, 0) is 13.2 Å². The minimum absolute atomic E-state index is 0.1000. The van der Waals surface area contributed by atoms with Crippen molar-refractivity contribution >= 4 is 11.8 Å². The molecule has 7 nitrogen and oxygen atoms in total. The molecule has 32 heavy (non-hydrogen) atoms. The molecule has 1 unspecified atom stereocenters. The molecule has 3 heterocycles. The smallest absolute Gasteiger partial charge is 0.253 e. The molecule has 1 atom stereocenters. The zero-order chi connectivity index (χ0) is 22.1. The number of hydrogen-bond donors (Lipinski definition) is 2. The molecule has 162 valence electrons. The van der Waals surface area contributed by atoms with Gasteiger partial charge in [0.15, 0.2) is 0 Å². The highest BCUT2D eigenvalue weighted by Gasteiger charge is 2.25. The molecule has 5 rings (SSSR count). The maximum absolute atomic E-state index is 12.7. The number of aliphatic hydroxyl groups excluding tert-OH is 1. The molecule has 2 aliphatic heterocycles. The summed E-state index contributed by atoms with van der Waals surface area (Å²) >= 11 is 0. The highest BCUT2D eigenvalue weighted by molar-refractivity contribution is 5.96. The Kier molecular flexibility index (Phi) is 5.33. The molecule has 7 heteroatoms. The van der Waals surface area contributed by atoms with Crippen molar-refractivity contribution in [1.82, 2.24) is 15.2 Å². The molecule has 0 saturated carbocycles. The fraction of sp³-hybridized carbons (Fsp3) is 0.240. The molecular formula is C25H23N3O4. The van der Waals surface area contributed by atoms with Gasteiger partial charge >= 0.3 is 0 Å². The third-order valence-corrected chi connectivity index (χ3v) is 5.90. The molecule has 0 aliphatic carbocycles. The number of benzene rings is 2. The number of hydrogen-bond acceptors (Lipinski definition) is 5. The van der Waals surface area contributed by atoms with E-state index in [1.54, 1.807) is 47.6 Å². The van der Waals surface area contributed by atoms with E-state index in [0.717, 1.165) is 22.3 Å². The summed E-state index contributed by atoms with van der Waals surface area (Å²) in [6.45, 7) is 1.65. The number of carbonyl (C=O) groups excluding carboxylic acids is 2. The van der Waals surface area contributed by atoms with Crippen LogP contribution >= 0.6 is 0 Å². The Balaban J connectivity index is 1.26. The fourth-order valence-electron chi connectivity index (χ4n) is 4.17. The van der Waals surface area contributed by atoms with Crippen LogP contribution in [0.15, 0.2) is 60.9 Å². The Bertz CT molecular complexity index is 1190. The first kappa shape index (κ1) is 20.2. The Labute approximate surface area is 185 Å². The minimum Gasteiger partial charge on any atom is -0.488 e. The van der Waals surface area contributed by atoms with Crippen LogP contribution in [-0.4, -0.2) is 46.0 Å². The molecule has 2 N–H and O–H groups in total. The van der Waals surface area contributed by atoms with Crippen LogP contribution in [0.3, 0.4) is 0 Å². The van der Waals surface area contributed by atoms with Gasteiger partial charge in [0.1, 0.15) is 12.4 Å². The zero-order valence-corrected chi connectivity index (χ0v) is 17.5. The standard InChI is InChI=1S/C25H23N3O4/c29-20-7-9-28(14-20)25(31)18-3-1-2-16(10-18)12-27-24(30)17-4-5-22-21-6-8-26-13-19(21)15-32-23(22)11-17/h1-6,8,10-11,13,20,29H,7,9,12,14-15H2,(H,27,30). The third-order valence-electron chi connectivity index (χ3n) is 5.90. The van der Waals surface area contributed by atoms with Gasteiger partial charge in [0, 0.05) is 54.3 Å².